The first-order chi connectivity index (χ1) is 6.73. The molecule has 1 N–H and O–H groups in total. The molecular formula is C10H9F3O2. The molecule has 5 heteroatoms. The summed E-state index contributed by atoms with van der Waals surface area (Å²) in [5, 5.41) is 9.24. The fraction of sp³-hybridized carbons (Fsp3) is 0.300. The van der Waals surface area contributed by atoms with E-state index in [9.17, 15) is 23.1 Å². The van der Waals surface area contributed by atoms with Crippen LogP contribution in [0.4, 0.5) is 13.2 Å². The van der Waals surface area contributed by atoms with Gasteiger partial charge in [0.05, 0.1) is 5.56 Å². The zero-order valence-corrected chi connectivity index (χ0v) is 8.14. The number of alkyl halides is 3. The van der Waals surface area contributed by atoms with E-state index in [2.05, 4.69) is 0 Å². The van der Waals surface area contributed by atoms with E-state index in [-0.39, 0.29) is 11.1 Å². The zero-order valence-electron chi connectivity index (χ0n) is 8.14. The van der Waals surface area contributed by atoms with Crippen LogP contribution in [0.15, 0.2) is 12.1 Å². The largest absolute Gasteiger partial charge is 0.508 e. The van der Waals surface area contributed by atoms with E-state index in [1.54, 1.807) is 0 Å². The Morgan fingerprint density at radius 3 is 2.27 bits per heavy atom. The van der Waals surface area contributed by atoms with Crippen LogP contribution in [0.3, 0.4) is 0 Å². The van der Waals surface area contributed by atoms with Crippen LogP contribution in [0, 0.1) is 6.92 Å². The second kappa shape index (κ2) is 3.56. The third-order valence-corrected chi connectivity index (χ3v) is 2.09. The van der Waals surface area contributed by atoms with Crippen molar-refractivity contribution in [1.29, 1.82) is 0 Å². The third-order valence-electron chi connectivity index (χ3n) is 2.09. The van der Waals surface area contributed by atoms with E-state index < -0.39 is 23.3 Å². The number of phenols is 1. The topological polar surface area (TPSA) is 37.3 Å². The summed E-state index contributed by atoms with van der Waals surface area (Å²) >= 11 is 0. The Hall–Kier alpha value is -1.52. The van der Waals surface area contributed by atoms with Crippen LogP contribution in [0.2, 0.25) is 0 Å². The summed E-state index contributed by atoms with van der Waals surface area (Å²) in [5.41, 5.74) is -0.964. The van der Waals surface area contributed by atoms with Crippen molar-refractivity contribution >= 4 is 5.78 Å². The zero-order chi connectivity index (χ0) is 11.8. The monoisotopic (exact) mass is 218 g/mol. The molecule has 0 aliphatic carbocycles. The molecule has 0 radical (unpaired) electrons. The second-order valence-corrected chi connectivity index (χ2v) is 3.22. The standard InChI is InChI=1S/C10H9F3O2/c1-5-8(6(2)14)3-7(4-9(5)15)10(11,12)13/h3-4,15H,1-2H3. The van der Waals surface area contributed by atoms with Gasteiger partial charge in [0.25, 0.3) is 0 Å². The van der Waals surface area contributed by atoms with Gasteiger partial charge in [0.15, 0.2) is 5.78 Å². The molecule has 1 aromatic carbocycles. The average molecular weight is 218 g/mol. The van der Waals surface area contributed by atoms with Crippen LogP contribution in [0.25, 0.3) is 0 Å². The molecule has 0 heterocycles. The number of carbonyl (C=O) groups is 1. The summed E-state index contributed by atoms with van der Waals surface area (Å²) in [6, 6.07) is 1.36. The van der Waals surface area contributed by atoms with Gasteiger partial charge in [0, 0.05) is 11.1 Å². The van der Waals surface area contributed by atoms with Gasteiger partial charge in [0.1, 0.15) is 5.75 Å². The summed E-state index contributed by atoms with van der Waals surface area (Å²) in [6.07, 6.45) is -4.56. The first-order valence-electron chi connectivity index (χ1n) is 4.15. The van der Waals surface area contributed by atoms with E-state index in [4.69, 9.17) is 0 Å². The van der Waals surface area contributed by atoms with Gasteiger partial charge in [-0.2, -0.15) is 13.2 Å². The average Bonchev–Trinajstić information content (AvgIpc) is 2.06. The fourth-order valence-electron chi connectivity index (χ4n) is 1.23. The number of hydrogen-bond acceptors (Lipinski definition) is 2. The predicted octanol–water partition coefficient (Wildman–Crippen LogP) is 2.92. The van der Waals surface area contributed by atoms with Crippen LogP contribution in [-0.2, 0) is 6.18 Å². The summed E-state index contributed by atoms with van der Waals surface area (Å²) in [4.78, 5) is 11.0. The van der Waals surface area contributed by atoms with Gasteiger partial charge in [0.2, 0.25) is 0 Å². The van der Waals surface area contributed by atoms with E-state index in [1.807, 2.05) is 0 Å². The number of ketones is 1. The normalized spacial score (nSPS) is 11.5. The lowest BCUT2D eigenvalue weighted by atomic mass is 10.0. The van der Waals surface area contributed by atoms with Crippen molar-refractivity contribution in [2.45, 2.75) is 20.0 Å². The Kier molecular flexibility index (Phi) is 2.75. The molecule has 0 fully saturated rings. The molecule has 2 nitrogen and oxygen atoms in total. The van der Waals surface area contributed by atoms with Crippen molar-refractivity contribution in [1.82, 2.24) is 0 Å². The lowest BCUT2D eigenvalue weighted by Crippen LogP contribution is -2.08. The number of aromatic hydroxyl groups is 1. The van der Waals surface area contributed by atoms with Crippen molar-refractivity contribution in [3.8, 4) is 5.75 Å². The molecule has 0 aromatic heterocycles. The van der Waals surface area contributed by atoms with Gasteiger partial charge < -0.3 is 5.11 Å². The fourth-order valence-corrected chi connectivity index (χ4v) is 1.23. The van der Waals surface area contributed by atoms with Gasteiger partial charge in [-0.3, -0.25) is 4.79 Å². The summed E-state index contributed by atoms with van der Waals surface area (Å²) in [5.74, 6) is -1.02. The second-order valence-electron chi connectivity index (χ2n) is 3.22. The first-order valence-corrected chi connectivity index (χ1v) is 4.15. The van der Waals surface area contributed by atoms with Crippen molar-refractivity contribution in [2.24, 2.45) is 0 Å². The molecule has 0 atom stereocenters. The summed E-state index contributed by atoms with van der Waals surface area (Å²) in [7, 11) is 0. The highest BCUT2D eigenvalue weighted by Crippen LogP contribution is 2.34. The maximum atomic E-state index is 12.3. The molecule has 0 saturated carbocycles. The Morgan fingerprint density at radius 1 is 1.33 bits per heavy atom. The Bertz CT molecular complexity index is 408. The minimum Gasteiger partial charge on any atom is -0.508 e. The van der Waals surface area contributed by atoms with Gasteiger partial charge in [-0.15, -0.1) is 0 Å². The molecule has 0 aliphatic heterocycles. The van der Waals surface area contributed by atoms with Gasteiger partial charge in [-0.25, -0.2) is 0 Å². The minimum absolute atomic E-state index is 0.109. The van der Waals surface area contributed by atoms with Crippen molar-refractivity contribution in [2.75, 3.05) is 0 Å². The molecule has 82 valence electrons. The molecule has 0 bridgehead atoms. The highest BCUT2D eigenvalue weighted by atomic mass is 19.4. The quantitative estimate of drug-likeness (QED) is 0.736. The van der Waals surface area contributed by atoms with Gasteiger partial charge >= 0.3 is 6.18 Å². The number of benzene rings is 1. The Labute approximate surface area is 84.3 Å². The highest BCUT2D eigenvalue weighted by molar-refractivity contribution is 5.96. The predicted molar refractivity (Wildman–Crippen MR) is 47.9 cm³/mol. The van der Waals surface area contributed by atoms with Crippen molar-refractivity contribution in [3.05, 3.63) is 28.8 Å². The lowest BCUT2D eigenvalue weighted by Gasteiger charge is -2.11. The van der Waals surface area contributed by atoms with Gasteiger partial charge in [-0.1, -0.05) is 0 Å². The number of carbonyl (C=O) groups excluding carboxylic acids is 1. The maximum Gasteiger partial charge on any atom is 0.416 e. The van der Waals surface area contributed by atoms with E-state index in [0.29, 0.717) is 6.07 Å². The van der Waals surface area contributed by atoms with Crippen LogP contribution >= 0.6 is 0 Å². The molecular weight excluding hydrogens is 209 g/mol. The third kappa shape index (κ3) is 2.29. The lowest BCUT2D eigenvalue weighted by molar-refractivity contribution is -0.137. The van der Waals surface area contributed by atoms with Crippen LogP contribution in [-0.4, -0.2) is 10.9 Å². The van der Waals surface area contributed by atoms with E-state index in [0.717, 1.165) is 13.0 Å². The van der Waals surface area contributed by atoms with Gasteiger partial charge in [-0.05, 0) is 26.0 Å². The number of hydrogen-bond donors (Lipinski definition) is 1. The summed E-state index contributed by atoms with van der Waals surface area (Å²) < 4.78 is 37.0. The number of Topliss-reactive ketones (excluding diaryl/α,β-unsaturated/α-hetero) is 1. The number of phenolic OH excluding ortho intramolecular Hbond substituents is 1. The summed E-state index contributed by atoms with van der Waals surface area (Å²) in [6.45, 7) is 2.55. The molecule has 1 rings (SSSR count). The molecule has 0 aliphatic rings. The first kappa shape index (κ1) is 11.6. The smallest absolute Gasteiger partial charge is 0.416 e. The van der Waals surface area contributed by atoms with E-state index >= 15 is 0 Å². The molecule has 0 amide bonds. The SMILES string of the molecule is CC(=O)c1cc(C(F)(F)F)cc(O)c1C. The number of rotatable bonds is 1. The molecule has 0 unspecified atom stereocenters. The molecule has 15 heavy (non-hydrogen) atoms. The maximum absolute atomic E-state index is 12.3. The van der Waals surface area contributed by atoms with Crippen LogP contribution in [0.5, 0.6) is 5.75 Å². The van der Waals surface area contributed by atoms with Crippen molar-refractivity contribution < 1.29 is 23.1 Å². The van der Waals surface area contributed by atoms with Crippen LogP contribution < -0.4 is 0 Å². The molecule has 1 aromatic rings. The number of halogens is 3. The van der Waals surface area contributed by atoms with E-state index in [1.165, 1.54) is 6.92 Å². The Morgan fingerprint density at radius 2 is 1.87 bits per heavy atom. The van der Waals surface area contributed by atoms with Crippen LogP contribution in [0.1, 0.15) is 28.4 Å². The molecule has 0 spiro atoms. The minimum atomic E-state index is -4.56. The molecule has 0 saturated heterocycles. The Balaban J connectivity index is 3.43. The van der Waals surface area contributed by atoms with Crippen molar-refractivity contribution in [3.63, 3.8) is 0 Å². The highest BCUT2D eigenvalue weighted by Gasteiger charge is 2.32.